The van der Waals surface area contributed by atoms with Gasteiger partial charge in [0.1, 0.15) is 18.1 Å². The number of carbonyl (C=O) groups excluding carboxylic acids is 2. The summed E-state index contributed by atoms with van der Waals surface area (Å²) in [7, 11) is 3.91. The number of hydrogen-bond donors (Lipinski definition) is 1. The number of hydrogen-bond acceptors (Lipinski definition) is 5. The largest absolute Gasteiger partial charge is 0.507 e. The van der Waals surface area contributed by atoms with Crippen LogP contribution in [0.1, 0.15) is 29.2 Å². The van der Waals surface area contributed by atoms with Crippen molar-refractivity contribution in [3.8, 4) is 5.75 Å². The van der Waals surface area contributed by atoms with Gasteiger partial charge in [0, 0.05) is 17.1 Å². The summed E-state index contributed by atoms with van der Waals surface area (Å²) in [6, 6.07) is 23.0. The van der Waals surface area contributed by atoms with Gasteiger partial charge in [-0.05, 0) is 74.6 Å². The minimum atomic E-state index is -0.696. The van der Waals surface area contributed by atoms with Crippen molar-refractivity contribution < 1.29 is 19.4 Å². The van der Waals surface area contributed by atoms with E-state index in [4.69, 9.17) is 16.3 Å². The van der Waals surface area contributed by atoms with Crippen LogP contribution in [0.5, 0.6) is 5.75 Å². The minimum absolute atomic E-state index is 0.0742. The molecule has 1 N–H and O–H groups in total. The molecule has 1 heterocycles. The Labute approximate surface area is 216 Å². The van der Waals surface area contributed by atoms with E-state index < -0.39 is 17.7 Å². The molecule has 0 aliphatic carbocycles. The molecule has 7 heteroatoms. The number of rotatable bonds is 9. The smallest absolute Gasteiger partial charge is 0.295 e. The van der Waals surface area contributed by atoms with Gasteiger partial charge in [-0.1, -0.05) is 54.1 Å². The van der Waals surface area contributed by atoms with E-state index >= 15 is 0 Å². The quantitative estimate of drug-likeness (QED) is 0.243. The number of benzene rings is 3. The van der Waals surface area contributed by atoms with Gasteiger partial charge >= 0.3 is 0 Å². The molecule has 1 fully saturated rings. The van der Waals surface area contributed by atoms with Crippen molar-refractivity contribution in [3.05, 3.63) is 106 Å². The normalized spacial score (nSPS) is 17.1. The van der Waals surface area contributed by atoms with Crippen LogP contribution in [0.2, 0.25) is 5.02 Å². The lowest BCUT2D eigenvalue weighted by Gasteiger charge is -2.26. The topological polar surface area (TPSA) is 70.1 Å². The zero-order valence-corrected chi connectivity index (χ0v) is 21.1. The van der Waals surface area contributed by atoms with Gasteiger partial charge in [0.25, 0.3) is 11.7 Å². The minimum Gasteiger partial charge on any atom is -0.507 e. The number of Topliss-reactive ketones (excluding diaryl/α,β-unsaturated/α-hetero) is 1. The van der Waals surface area contributed by atoms with Crippen molar-refractivity contribution in [2.24, 2.45) is 0 Å². The van der Waals surface area contributed by atoms with Crippen LogP contribution in [0.15, 0.2) is 84.4 Å². The van der Waals surface area contributed by atoms with Gasteiger partial charge in [0.05, 0.1) is 11.6 Å². The Kier molecular flexibility index (Phi) is 8.08. The Balaban J connectivity index is 1.63. The molecular weight excluding hydrogens is 476 g/mol. The van der Waals surface area contributed by atoms with Crippen LogP contribution in [-0.4, -0.2) is 53.8 Å². The molecule has 0 saturated carbocycles. The van der Waals surface area contributed by atoms with Gasteiger partial charge < -0.3 is 19.6 Å². The monoisotopic (exact) mass is 504 g/mol. The zero-order valence-electron chi connectivity index (χ0n) is 20.4. The highest BCUT2D eigenvalue weighted by Crippen LogP contribution is 2.40. The van der Waals surface area contributed by atoms with E-state index in [-0.39, 0.29) is 11.3 Å². The molecule has 36 heavy (non-hydrogen) atoms. The molecule has 1 unspecified atom stereocenters. The number of carbonyl (C=O) groups is 2. The molecule has 1 amide bonds. The predicted molar refractivity (Wildman–Crippen MR) is 141 cm³/mol. The maximum absolute atomic E-state index is 13.1. The molecule has 0 spiro atoms. The Bertz CT molecular complexity index is 1240. The molecule has 3 aromatic rings. The van der Waals surface area contributed by atoms with Gasteiger partial charge in [-0.3, -0.25) is 9.59 Å². The Morgan fingerprint density at radius 1 is 0.972 bits per heavy atom. The molecule has 0 radical (unpaired) electrons. The molecule has 0 bridgehead atoms. The maximum atomic E-state index is 13.1. The number of aliphatic hydroxyl groups excluding tert-OH is 1. The highest BCUT2D eigenvalue weighted by molar-refractivity contribution is 6.46. The summed E-state index contributed by atoms with van der Waals surface area (Å²) in [5.74, 6) is -0.883. The molecule has 1 atom stereocenters. The third kappa shape index (κ3) is 5.78. The van der Waals surface area contributed by atoms with Gasteiger partial charge in [0.2, 0.25) is 0 Å². The van der Waals surface area contributed by atoms with Gasteiger partial charge in [-0.25, -0.2) is 0 Å². The summed E-state index contributed by atoms with van der Waals surface area (Å²) in [4.78, 5) is 29.7. The van der Waals surface area contributed by atoms with Gasteiger partial charge in [0.15, 0.2) is 0 Å². The number of amides is 1. The molecule has 1 saturated heterocycles. The van der Waals surface area contributed by atoms with E-state index in [2.05, 4.69) is 0 Å². The summed E-state index contributed by atoms with van der Waals surface area (Å²) >= 11 is 6.08. The Morgan fingerprint density at radius 3 is 2.28 bits per heavy atom. The van der Waals surface area contributed by atoms with E-state index in [1.54, 1.807) is 48.5 Å². The first kappa shape index (κ1) is 25.5. The van der Waals surface area contributed by atoms with Crippen molar-refractivity contribution in [1.29, 1.82) is 0 Å². The summed E-state index contributed by atoms with van der Waals surface area (Å²) in [6.07, 6.45) is 0.692. The lowest BCUT2D eigenvalue weighted by atomic mass is 9.95. The van der Waals surface area contributed by atoms with Crippen LogP contribution in [0.25, 0.3) is 5.76 Å². The van der Waals surface area contributed by atoms with Crippen LogP contribution in [0.3, 0.4) is 0 Å². The molecule has 3 aromatic carbocycles. The van der Waals surface area contributed by atoms with E-state index in [0.717, 1.165) is 12.1 Å². The number of nitrogens with zero attached hydrogens (tertiary/aromatic N) is 2. The zero-order chi connectivity index (χ0) is 25.7. The summed E-state index contributed by atoms with van der Waals surface area (Å²) < 4.78 is 5.83. The SMILES string of the molecule is CN(C)CCCN1C(=O)C(=O)/C(=C(/O)c2ccc(OCc3ccccc3)cc2)C1c1ccc(Cl)cc1. The standard InChI is InChI=1S/C29H29ClN2O4/c1-31(2)17-6-18-32-26(21-9-13-23(30)14-10-21)25(28(34)29(32)35)27(33)22-11-15-24(16-12-22)36-19-20-7-4-3-5-8-20/h3-5,7-16,26,33H,6,17-19H2,1-2H3/b27-25+. The molecular formula is C29H29ClN2O4. The second-order valence-electron chi connectivity index (χ2n) is 9.00. The fraction of sp³-hybridized carbons (Fsp3) is 0.241. The van der Waals surface area contributed by atoms with Crippen molar-refractivity contribution >= 4 is 29.1 Å². The number of aliphatic hydroxyl groups is 1. The van der Waals surface area contributed by atoms with Gasteiger partial charge in [-0.2, -0.15) is 0 Å². The van der Waals surface area contributed by atoms with Gasteiger partial charge in [-0.15, -0.1) is 0 Å². The number of ether oxygens (including phenoxy) is 1. The average molecular weight is 505 g/mol. The van der Waals surface area contributed by atoms with Crippen LogP contribution in [0.4, 0.5) is 0 Å². The average Bonchev–Trinajstić information content (AvgIpc) is 3.13. The highest BCUT2D eigenvalue weighted by atomic mass is 35.5. The highest BCUT2D eigenvalue weighted by Gasteiger charge is 2.45. The fourth-order valence-electron chi connectivity index (χ4n) is 4.26. The second-order valence-corrected chi connectivity index (χ2v) is 9.44. The molecule has 0 aromatic heterocycles. The Hall–Kier alpha value is -3.61. The van der Waals surface area contributed by atoms with E-state index in [1.807, 2.05) is 49.3 Å². The van der Waals surface area contributed by atoms with Crippen LogP contribution in [-0.2, 0) is 16.2 Å². The van der Waals surface area contributed by atoms with Crippen LogP contribution >= 0.6 is 11.6 Å². The van der Waals surface area contributed by atoms with Crippen LogP contribution < -0.4 is 4.74 Å². The number of likely N-dealkylation sites (tertiary alicyclic amines) is 1. The maximum Gasteiger partial charge on any atom is 0.295 e. The lowest BCUT2D eigenvalue weighted by Crippen LogP contribution is -2.32. The second kappa shape index (κ2) is 11.4. The number of ketones is 1. The molecule has 1 aliphatic heterocycles. The molecule has 1 aliphatic rings. The third-order valence-corrected chi connectivity index (χ3v) is 6.36. The lowest BCUT2D eigenvalue weighted by molar-refractivity contribution is -0.139. The van der Waals surface area contributed by atoms with Crippen LogP contribution in [0, 0.1) is 0 Å². The van der Waals surface area contributed by atoms with E-state index in [1.165, 1.54) is 4.90 Å². The van der Waals surface area contributed by atoms with Crippen molar-refractivity contribution in [2.45, 2.75) is 19.1 Å². The van der Waals surface area contributed by atoms with E-state index in [9.17, 15) is 14.7 Å². The first-order valence-electron chi connectivity index (χ1n) is 11.8. The Morgan fingerprint density at radius 2 is 1.64 bits per heavy atom. The fourth-order valence-corrected chi connectivity index (χ4v) is 4.39. The summed E-state index contributed by atoms with van der Waals surface area (Å²) in [5, 5.41) is 11.8. The molecule has 6 nitrogen and oxygen atoms in total. The van der Waals surface area contributed by atoms with Crippen molar-refractivity contribution in [2.75, 3.05) is 27.2 Å². The summed E-state index contributed by atoms with van der Waals surface area (Å²) in [5.41, 5.74) is 2.27. The first-order valence-corrected chi connectivity index (χ1v) is 12.2. The number of halogens is 1. The van der Waals surface area contributed by atoms with E-state index in [0.29, 0.717) is 41.5 Å². The van der Waals surface area contributed by atoms with Crippen molar-refractivity contribution in [1.82, 2.24) is 9.80 Å². The van der Waals surface area contributed by atoms with Crippen molar-refractivity contribution in [3.63, 3.8) is 0 Å². The third-order valence-electron chi connectivity index (χ3n) is 6.11. The predicted octanol–water partition coefficient (Wildman–Crippen LogP) is 5.29. The summed E-state index contributed by atoms with van der Waals surface area (Å²) in [6.45, 7) is 1.57. The molecule has 186 valence electrons. The molecule has 4 rings (SSSR count). The first-order chi connectivity index (χ1) is 17.3.